The van der Waals surface area contributed by atoms with Crippen LogP contribution in [0.15, 0.2) is 42.6 Å². The van der Waals surface area contributed by atoms with Gasteiger partial charge >= 0.3 is 6.09 Å². The van der Waals surface area contributed by atoms with E-state index in [1.54, 1.807) is 13.0 Å². The van der Waals surface area contributed by atoms with Crippen molar-refractivity contribution in [1.29, 1.82) is 0 Å². The minimum Gasteiger partial charge on any atom is -0.445 e. The molecule has 0 aliphatic carbocycles. The van der Waals surface area contributed by atoms with E-state index in [2.05, 4.69) is 10.3 Å². The molecular weight excluding hydrogens is 310 g/mol. The molecule has 0 spiro atoms. The van der Waals surface area contributed by atoms with Crippen LogP contribution in [0.4, 0.5) is 10.6 Å². The number of amides is 1. The average molecular weight is 331 g/mol. The maximum atomic E-state index is 11.6. The van der Waals surface area contributed by atoms with E-state index in [-0.39, 0.29) is 13.2 Å². The molecule has 0 saturated carbocycles. The lowest BCUT2D eigenvalue weighted by molar-refractivity contribution is 0.0179. The first-order chi connectivity index (χ1) is 11.5. The number of ether oxygens (including phenoxy) is 1. The average Bonchev–Trinajstić information content (AvgIpc) is 2.58. The van der Waals surface area contributed by atoms with Crippen molar-refractivity contribution in [2.45, 2.75) is 25.7 Å². The zero-order valence-corrected chi connectivity index (χ0v) is 13.3. The number of pyridine rings is 1. The molecule has 1 aromatic heterocycles. The van der Waals surface area contributed by atoms with Gasteiger partial charge in [-0.2, -0.15) is 0 Å². The second-order valence-electron chi connectivity index (χ2n) is 5.42. The molecule has 5 N–H and O–H groups in total. The molecule has 7 nitrogen and oxygen atoms in total. The van der Waals surface area contributed by atoms with Gasteiger partial charge in [0, 0.05) is 18.3 Å². The van der Waals surface area contributed by atoms with E-state index in [0.717, 1.165) is 5.56 Å². The number of aliphatic hydroxyl groups is 2. The summed E-state index contributed by atoms with van der Waals surface area (Å²) in [6.07, 6.45) is -1.64. The molecule has 0 aliphatic heterocycles. The predicted molar refractivity (Wildman–Crippen MR) is 89.0 cm³/mol. The number of anilines is 1. The number of rotatable bonds is 6. The van der Waals surface area contributed by atoms with Crippen molar-refractivity contribution in [1.82, 2.24) is 10.3 Å². The Morgan fingerprint density at radius 2 is 2.04 bits per heavy atom. The van der Waals surface area contributed by atoms with Crippen LogP contribution < -0.4 is 11.1 Å². The van der Waals surface area contributed by atoms with Gasteiger partial charge in [-0.1, -0.05) is 30.3 Å². The van der Waals surface area contributed by atoms with E-state index >= 15 is 0 Å². The van der Waals surface area contributed by atoms with Crippen LogP contribution in [0.5, 0.6) is 0 Å². The highest BCUT2D eigenvalue weighted by molar-refractivity contribution is 5.67. The van der Waals surface area contributed by atoms with Crippen molar-refractivity contribution in [3.8, 4) is 0 Å². The number of nitrogen functional groups attached to an aromatic ring is 1. The van der Waals surface area contributed by atoms with Gasteiger partial charge in [0.25, 0.3) is 0 Å². The summed E-state index contributed by atoms with van der Waals surface area (Å²) in [5.41, 5.74) is 7.58. The number of nitrogens with zero attached hydrogens (tertiary/aromatic N) is 1. The number of aromatic nitrogens is 1. The van der Waals surface area contributed by atoms with Gasteiger partial charge in [0.2, 0.25) is 0 Å². The third kappa shape index (κ3) is 4.94. The first-order valence-corrected chi connectivity index (χ1v) is 7.50. The van der Waals surface area contributed by atoms with Crippen molar-refractivity contribution in [2.75, 3.05) is 12.3 Å². The lowest BCUT2D eigenvalue weighted by atomic mass is 10.0. The number of aliphatic hydroxyl groups excluding tert-OH is 2. The molecule has 24 heavy (non-hydrogen) atoms. The maximum absolute atomic E-state index is 11.6. The van der Waals surface area contributed by atoms with Gasteiger partial charge in [-0.05, 0) is 24.1 Å². The largest absolute Gasteiger partial charge is 0.445 e. The van der Waals surface area contributed by atoms with Crippen LogP contribution >= 0.6 is 0 Å². The minimum atomic E-state index is -1.20. The molecule has 0 saturated heterocycles. The maximum Gasteiger partial charge on any atom is 0.407 e. The number of aryl methyl sites for hydroxylation is 1. The van der Waals surface area contributed by atoms with Crippen LogP contribution in [0.3, 0.4) is 0 Å². The Balaban J connectivity index is 1.81. The molecule has 1 heterocycles. The van der Waals surface area contributed by atoms with Gasteiger partial charge in [-0.25, -0.2) is 9.78 Å². The fourth-order valence-electron chi connectivity index (χ4n) is 2.18. The molecule has 2 aromatic rings. The summed E-state index contributed by atoms with van der Waals surface area (Å²) in [5, 5.41) is 22.6. The number of nitrogens with two attached hydrogens (primary N) is 1. The summed E-state index contributed by atoms with van der Waals surface area (Å²) < 4.78 is 5.03. The quantitative estimate of drug-likeness (QED) is 0.633. The summed E-state index contributed by atoms with van der Waals surface area (Å²) in [6, 6.07) is 10.8. The number of alkyl carbamates (subject to hydrolysis) is 1. The highest BCUT2D eigenvalue weighted by Gasteiger charge is 2.21. The van der Waals surface area contributed by atoms with Gasteiger partial charge in [-0.3, -0.25) is 0 Å². The second-order valence-corrected chi connectivity index (χ2v) is 5.42. The molecule has 1 aromatic carbocycles. The number of nitrogens with one attached hydrogen (secondary N) is 1. The first kappa shape index (κ1) is 17.7. The first-order valence-electron chi connectivity index (χ1n) is 7.50. The molecule has 2 rings (SSSR count). The lowest BCUT2D eigenvalue weighted by Gasteiger charge is -2.20. The van der Waals surface area contributed by atoms with E-state index in [1.165, 1.54) is 6.20 Å². The van der Waals surface area contributed by atoms with Crippen molar-refractivity contribution >= 4 is 11.9 Å². The SMILES string of the molecule is Cc1cc(N)ncc1C(O)C(O)CNC(=O)OCc1ccccc1. The minimum absolute atomic E-state index is 0.131. The zero-order valence-electron chi connectivity index (χ0n) is 13.3. The summed E-state index contributed by atoms with van der Waals surface area (Å²) in [5.74, 6) is 0.334. The number of carbonyl (C=O) groups is 1. The Kier molecular flexibility index (Phi) is 6.11. The van der Waals surface area contributed by atoms with Crippen LogP contribution in [0.1, 0.15) is 22.8 Å². The van der Waals surface area contributed by atoms with Crippen LogP contribution in [0, 0.1) is 6.92 Å². The van der Waals surface area contributed by atoms with Crippen LogP contribution in [0.25, 0.3) is 0 Å². The van der Waals surface area contributed by atoms with E-state index in [0.29, 0.717) is 16.9 Å². The Morgan fingerprint density at radius 1 is 1.33 bits per heavy atom. The molecule has 2 atom stereocenters. The molecule has 128 valence electrons. The predicted octanol–water partition coefficient (Wildman–Crippen LogP) is 1.29. The van der Waals surface area contributed by atoms with E-state index in [9.17, 15) is 15.0 Å². The van der Waals surface area contributed by atoms with E-state index in [1.807, 2.05) is 30.3 Å². The van der Waals surface area contributed by atoms with Crippen molar-refractivity contribution in [3.63, 3.8) is 0 Å². The Morgan fingerprint density at radius 3 is 2.71 bits per heavy atom. The third-order valence-corrected chi connectivity index (χ3v) is 3.52. The Hall–Kier alpha value is -2.64. The topological polar surface area (TPSA) is 118 Å². The normalized spacial score (nSPS) is 13.1. The zero-order chi connectivity index (χ0) is 17.5. The van der Waals surface area contributed by atoms with Gasteiger partial charge < -0.3 is 26.0 Å². The summed E-state index contributed by atoms with van der Waals surface area (Å²) in [4.78, 5) is 15.5. The molecule has 0 aliphatic rings. The van der Waals surface area contributed by atoms with Crippen molar-refractivity contribution in [2.24, 2.45) is 0 Å². The summed E-state index contributed by atoms with van der Waals surface area (Å²) >= 11 is 0. The highest BCUT2D eigenvalue weighted by Crippen LogP contribution is 2.21. The molecule has 0 radical (unpaired) electrons. The molecule has 0 bridgehead atoms. The smallest absolute Gasteiger partial charge is 0.407 e. The standard InChI is InChI=1S/C17H21N3O4/c1-11-7-15(18)19-8-13(11)16(22)14(21)9-20-17(23)24-10-12-5-3-2-4-6-12/h2-8,14,16,21-22H,9-10H2,1H3,(H2,18,19)(H,20,23). The number of hydrogen-bond acceptors (Lipinski definition) is 6. The monoisotopic (exact) mass is 331 g/mol. The van der Waals surface area contributed by atoms with E-state index in [4.69, 9.17) is 10.5 Å². The summed E-state index contributed by atoms with van der Waals surface area (Å²) in [6.45, 7) is 1.73. The molecule has 1 amide bonds. The Bertz CT molecular complexity index is 679. The lowest BCUT2D eigenvalue weighted by Crippen LogP contribution is -2.36. The molecular formula is C17H21N3O4. The van der Waals surface area contributed by atoms with Gasteiger partial charge in [0.05, 0.1) is 0 Å². The highest BCUT2D eigenvalue weighted by atomic mass is 16.5. The van der Waals surface area contributed by atoms with Gasteiger partial charge in [0.15, 0.2) is 0 Å². The molecule has 0 fully saturated rings. The third-order valence-electron chi connectivity index (χ3n) is 3.52. The van der Waals surface area contributed by atoms with Crippen LogP contribution in [-0.4, -0.2) is 33.9 Å². The van der Waals surface area contributed by atoms with Crippen LogP contribution in [-0.2, 0) is 11.3 Å². The fraction of sp³-hybridized carbons (Fsp3) is 0.294. The van der Waals surface area contributed by atoms with Gasteiger partial charge in [-0.15, -0.1) is 0 Å². The van der Waals surface area contributed by atoms with Gasteiger partial charge in [0.1, 0.15) is 24.6 Å². The second kappa shape index (κ2) is 8.28. The fourth-order valence-corrected chi connectivity index (χ4v) is 2.18. The van der Waals surface area contributed by atoms with E-state index < -0.39 is 18.3 Å². The molecule has 2 unspecified atom stereocenters. The van der Waals surface area contributed by atoms with Crippen LogP contribution in [0.2, 0.25) is 0 Å². The number of carbonyl (C=O) groups excluding carboxylic acids is 1. The summed E-state index contributed by atoms with van der Waals surface area (Å²) in [7, 11) is 0. The van der Waals surface area contributed by atoms with Crippen molar-refractivity contribution in [3.05, 3.63) is 59.3 Å². The number of hydrogen-bond donors (Lipinski definition) is 4. The number of benzene rings is 1. The molecule has 7 heteroatoms. The Labute approximate surface area is 140 Å². The van der Waals surface area contributed by atoms with Crippen molar-refractivity contribution < 1.29 is 19.7 Å².